The predicted molar refractivity (Wildman–Crippen MR) is 46.5 cm³/mol. The van der Waals surface area contributed by atoms with E-state index in [0.29, 0.717) is 12.8 Å². The summed E-state index contributed by atoms with van der Waals surface area (Å²) in [6.45, 7) is 0. The molecule has 1 nitrogen and oxygen atoms in total. The minimum Gasteiger partial charge on any atom is -0.198 e. The molecule has 1 aliphatic rings. The van der Waals surface area contributed by atoms with Gasteiger partial charge < -0.3 is 0 Å². The summed E-state index contributed by atoms with van der Waals surface area (Å²) in [4.78, 5) is 0. The minimum absolute atomic E-state index is 0.431. The number of nitrogens with zero attached hydrogens (tertiary/aromatic N) is 1. The molecular formula is C8H7Cl2N. The van der Waals surface area contributed by atoms with Crippen LogP contribution < -0.4 is 0 Å². The van der Waals surface area contributed by atoms with Crippen molar-refractivity contribution < 1.29 is 0 Å². The summed E-state index contributed by atoms with van der Waals surface area (Å²) in [5.74, 6) is 0. The first-order valence-electron chi connectivity index (χ1n) is 3.27. The molecule has 58 valence electrons. The fourth-order valence-corrected chi connectivity index (χ4v) is 1.13. The van der Waals surface area contributed by atoms with Gasteiger partial charge in [0.2, 0.25) is 0 Å². The van der Waals surface area contributed by atoms with Gasteiger partial charge in [0.1, 0.15) is 4.33 Å². The predicted octanol–water partition coefficient (Wildman–Crippen LogP) is 2.96. The molecule has 0 bridgehead atoms. The normalized spacial score (nSPS) is 20.6. The number of hydrogen-bond acceptors (Lipinski definition) is 1. The molecule has 0 atom stereocenters. The zero-order chi connectivity index (χ0) is 8.32. The molecule has 0 radical (unpaired) electrons. The van der Waals surface area contributed by atoms with Gasteiger partial charge in [-0.2, -0.15) is 5.26 Å². The lowest BCUT2D eigenvalue weighted by atomic mass is 10.0. The summed E-state index contributed by atoms with van der Waals surface area (Å²) in [6, 6.07) is 2.06. The quantitative estimate of drug-likeness (QED) is 0.580. The van der Waals surface area contributed by atoms with E-state index in [1.165, 1.54) is 0 Å². The summed E-state index contributed by atoms with van der Waals surface area (Å²) in [5.41, 5.74) is 0.990. The van der Waals surface area contributed by atoms with Crippen LogP contribution in [0, 0.1) is 11.3 Å². The average molecular weight is 188 g/mol. The van der Waals surface area contributed by atoms with Crippen molar-refractivity contribution in [2.24, 2.45) is 0 Å². The third kappa shape index (κ3) is 2.57. The van der Waals surface area contributed by atoms with E-state index in [1.807, 2.05) is 6.08 Å². The van der Waals surface area contributed by atoms with Gasteiger partial charge in [-0.15, -0.1) is 0 Å². The number of nitriles is 1. The Bertz CT molecular complexity index is 245. The molecule has 11 heavy (non-hydrogen) atoms. The van der Waals surface area contributed by atoms with Gasteiger partial charge in [-0.25, -0.2) is 0 Å². The van der Waals surface area contributed by atoms with Crippen LogP contribution in [0.15, 0.2) is 23.8 Å². The molecule has 0 aromatic heterocycles. The van der Waals surface area contributed by atoms with E-state index < -0.39 is 4.33 Å². The highest BCUT2D eigenvalue weighted by Crippen LogP contribution is 2.32. The maximum atomic E-state index is 8.36. The van der Waals surface area contributed by atoms with Crippen molar-refractivity contribution >= 4 is 23.2 Å². The van der Waals surface area contributed by atoms with Crippen molar-refractivity contribution in [3.05, 3.63) is 23.8 Å². The van der Waals surface area contributed by atoms with Gasteiger partial charge in [0, 0.05) is 6.42 Å². The maximum Gasteiger partial charge on any atom is 0.140 e. The highest BCUT2D eigenvalue weighted by atomic mass is 35.5. The molecule has 0 aromatic rings. The minimum atomic E-state index is -0.765. The van der Waals surface area contributed by atoms with Crippen molar-refractivity contribution in [2.45, 2.75) is 17.2 Å². The highest BCUT2D eigenvalue weighted by Gasteiger charge is 2.20. The summed E-state index contributed by atoms with van der Waals surface area (Å²) < 4.78 is -0.765. The van der Waals surface area contributed by atoms with Gasteiger partial charge >= 0.3 is 0 Å². The zero-order valence-corrected chi connectivity index (χ0v) is 7.36. The largest absolute Gasteiger partial charge is 0.198 e. The van der Waals surface area contributed by atoms with Crippen LogP contribution in [0.5, 0.6) is 0 Å². The van der Waals surface area contributed by atoms with E-state index in [-0.39, 0.29) is 0 Å². The Morgan fingerprint density at radius 2 is 2.36 bits per heavy atom. The Morgan fingerprint density at radius 3 is 2.82 bits per heavy atom. The van der Waals surface area contributed by atoms with Gasteiger partial charge in [-0.05, 0) is 11.6 Å². The zero-order valence-electron chi connectivity index (χ0n) is 5.85. The number of alkyl halides is 2. The van der Waals surface area contributed by atoms with Crippen LogP contribution >= 0.6 is 23.2 Å². The van der Waals surface area contributed by atoms with E-state index in [2.05, 4.69) is 6.07 Å². The van der Waals surface area contributed by atoms with E-state index in [0.717, 1.165) is 5.57 Å². The van der Waals surface area contributed by atoms with Crippen molar-refractivity contribution in [1.82, 2.24) is 0 Å². The van der Waals surface area contributed by atoms with Crippen LogP contribution in [0.25, 0.3) is 0 Å². The molecule has 3 heteroatoms. The molecule has 0 aliphatic heterocycles. The third-order valence-electron chi connectivity index (χ3n) is 1.46. The fourth-order valence-electron chi connectivity index (χ4n) is 0.855. The smallest absolute Gasteiger partial charge is 0.140 e. The number of halogens is 2. The van der Waals surface area contributed by atoms with Crippen LogP contribution in [0.1, 0.15) is 12.8 Å². The molecule has 0 N–H and O–H groups in total. The Labute approximate surface area is 75.9 Å². The van der Waals surface area contributed by atoms with Crippen LogP contribution in [-0.2, 0) is 0 Å². The van der Waals surface area contributed by atoms with Gasteiger partial charge in [-0.3, -0.25) is 0 Å². The van der Waals surface area contributed by atoms with Gasteiger partial charge in [-0.1, -0.05) is 35.4 Å². The molecular weight excluding hydrogens is 181 g/mol. The average Bonchev–Trinajstić information content (AvgIpc) is 1.94. The van der Waals surface area contributed by atoms with Crippen molar-refractivity contribution in [1.29, 1.82) is 5.26 Å². The fraction of sp³-hybridized carbons (Fsp3) is 0.375. The third-order valence-corrected chi connectivity index (χ3v) is 2.02. The Balaban J connectivity index is 2.62. The molecule has 1 rings (SSSR count). The molecule has 0 amide bonds. The van der Waals surface area contributed by atoms with Crippen molar-refractivity contribution in [3.63, 3.8) is 0 Å². The Morgan fingerprint density at radius 1 is 1.64 bits per heavy atom. The molecule has 0 spiro atoms. The van der Waals surface area contributed by atoms with Crippen molar-refractivity contribution in [3.8, 4) is 6.07 Å². The van der Waals surface area contributed by atoms with Crippen molar-refractivity contribution in [2.75, 3.05) is 0 Å². The SMILES string of the molecule is N#CCC1=CCC(Cl)(Cl)C=C1. The Hall–Kier alpha value is -0.450. The summed E-state index contributed by atoms with van der Waals surface area (Å²) >= 11 is 11.6. The van der Waals surface area contributed by atoms with Crippen LogP contribution in [0.3, 0.4) is 0 Å². The number of rotatable bonds is 1. The van der Waals surface area contributed by atoms with Crippen LogP contribution in [0.2, 0.25) is 0 Å². The molecule has 1 aliphatic carbocycles. The highest BCUT2D eigenvalue weighted by molar-refractivity contribution is 6.50. The molecule has 0 saturated carbocycles. The topological polar surface area (TPSA) is 23.8 Å². The molecule has 0 heterocycles. The molecule has 0 fully saturated rings. The molecule has 0 aromatic carbocycles. The van der Waals surface area contributed by atoms with Gasteiger partial charge in [0.05, 0.1) is 12.5 Å². The first kappa shape index (κ1) is 8.64. The second kappa shape index (κ2) is 3.30. The van der Waals surface area contributed by atoms with E-state index in [9.17, 15) is 0 Å². The second-order valence-corrected chi connectivity index (χ2v) is 3.95. The molecule has 0 saturated heterocycles. The summed E-state index contributed by atoms with van der Waals surface area (Å²) in [6.07, 6.45) is 6.42. The van der Waals surface area contributed by atoms with Gasteiger partial charge in [0.15, 0.2) is 0 Å². The number of hydrogen-bond donors (Lipinski definition) is 0. The summed E-state index contributed by atoms with van der Waals surface area (Å²) in [5, 5.41) is 8.36. The van der Waals surface area contributed by atoms with E-state index >= 15 is 0 Å². The van der Waals surface area contributed by atoms with Crippen LogP contribution in [0.4, 0.5) is 0 Å². The maximum absolute atomic E-state index is 8.36. The van der Waals surface area contributed by atoms with E-state index in [1.54, 1.807) is 12.2 Å². The first-order valence-corrected chi connectivity index (χ1v) is 4.03. The van der Waals surface area contributed by atoms with Gasteiger partial charge in [0.25, 0.3) is 0 Å². The second-order valence-electron chi connectivity index (χ2n) is 2.41. The Kier molecular flexibility index (Phi) is 2.59. The number of allylic oxidation sites excluding steroid dienone is 4. The standard InChI is InChI=1S/C8H7Cl2N/c9-8(10)4-1-7(2-5-8)3-6-11/h1-2,4H,3,5H2. The lowest BCUT2D eigenvalue weighted by Crippen LogP contribution is -2.09. The molecule has 0 unspecified atom stereocenters. The van der Waals surface area contributed by atoms with Crippen LogP contribution in [-0.4, -0.2) is 4.33 Å². The monoisotopic (exact) mass is 187 g/mol. The lowest BCUT2D eigenvalue weighted by molar-refractivity contribution is 0.939. The van der Waals surface area contributed by atoms with E-state index in [4.69, 9.17) is 28.5 Å². The summed E-state index contributed by atoms with van der Waals surface area (Å²) in [7, 11) is 0. The first-order chi connectivity index (χ1) is 5.14. The lowest BCUT2D eigenvalue weighted by Gasteiger charge is -2.16.